The van der Waals surface area contributed by atoms with E-state index in [1.807, 2.05) is 0 Å². The maximum Gasteiger partial charge on any atom is 0.232 e. The minimum Gasteiger partial charge on any atom is -0.339 e. The third-order valence-electron chi connectivity index (χ3n) is 4.56. The highest BCUT2D eigenvalue weighted by molar-refractivity contribution is 6.31. The summed E-state index contributed by atoms with van der Waals surface area (Å²) >= 11 is 11.8. The van der Waals surface area contributed by atoms with Gasteiger partial charge in [0.25, 0.3) is 0 Å². The molecule has 144 valence electrons. The number of aromatic nitrogens is 2. The van der Waals surface area contributed by atoms with Crippen LogP contribution in [-0.4, -0.2) is 27.5 Å². The van der Waals surface area contributed by atoms with Crippen LogP contribution in [0.25, 0.3) is 11.4 Å². The molecule has 2 heterocycles. The summed E-state index contributed by atoms with van der Waals surface area (Å²) < 4.78 is 31.8. The maximum atomic E-state index is 13.3. The van der Waals surface area contributed by atoms with E-state index in [-0.39, 0.29) is 40.7 Å². The van der Waals surface area contributed by atoms with Crippen molar-refractivity contribution in [3.05, 3.63) is 69.5 Å². The summed E-state index contributed by atoms with van der Waals surface area (Å²) in [5, 5.41) is 4.13. The molecule has 5 nitrogen and oxygen atoms in total. The Hall–Kier alpha value is -2.51. The fourth-order valence-electron chi connectivity index (χ4n) is 3.10. The first-order valence-electron chi connectivity index (χ1n) is 8.41. The Labute approximate surface area is 168 Å². The number of likely N-dealkylation sites (tertiary alicyclic amines) is 1. The molecule has 1 aliphatic heterocycles. The van der Waals surface area contributed by atoms with Gasteiger partial charge in [-0.05, 0) is 35.9 Å². The molecule has 0 N–H and O–H groups in total. The zero-order valence-corrected chi connectivity index (χ0v) is 15.8. The highest BCUT2D eigenvalue weighted by Gasteiger charge is 2.34. The molecule has 1 aromatic heterocycles. The van der Waals surface area contributed by atoms with Gasteiger partial charge in [-0.1, -0.05) is 34.4 Å². The van der Waals surface area contributed by atoms with Crippen molar-refractivity contribution in [2.75, 3.05) is 6.54 Å². The van der Waals surface area contributed by atoms with Crippen LogP contribution in [0.4, 0.5) is 8.78 Å². The Morgan fingerprint density at radius 3 is 2.71 bits per heavy atom. The fraction of sp³-hybridized carbons (Fsp3) is 0.211. The van der Waals surface area contributed by atoms with Gasteiger partial charge in [0.1, 0.15) is 11.6 Å². The van der Waals surface area contributed by atoms with E-state index in [9.17, 15) is 13.6 Å². The van der Waals surface area contributed by atoms with Crippen molar-refractivity contribution in [1.82, 2.24) is 15.0 Å². The zero-order valence-electron chi connectivity index (χ0n) is 14.3. The molecule has 1 saturated heterocycles. The van der Waals surface area contributed by atoms with Gasteiger partial charge >= 0.3 is 0 Å². The van der Waals surface area contributed by atoms with Crippen LogP contribution in [0.5, 0.6) is 0 Å². The number of benzene rings is 2. The second kappa shape index (κ2) is 7.48. The van der Waals surface area contributed by atoms with Crippen molar-refractivity contribution in [3.8, 4) is 11.4 Å². The van der Waals surface area contributed by atoms with E-state index in [1.54, 1.807) is 11.0 Å². The van der Waals surface area contributed by atoms with Crippen LogP contribution in [0.1, 0.15) is 23.8 Å². The van der Waals surface area contributed by atoms with Crippen molar-refractivity contribution in [1.29, 1.82) is 0 Å². The quantitative estimate of drug-likeness (QED) is 0.602. The molecule has 0 radical (unpaired) electrons. The monoisotopic (exact) mass is 423 g/mol. The summed E-state index contributed by atoms with van der Waals surface area (Å²) in [6.07, 6.45) is 0.213. The molecular weight excluding hydrogens is 411 g/mol. The summed E-state index contributed by atoms with van der Waals surface area (Å²) in [4.78, 5) is 18.3. The van der Waals surface area contributed by atoms with Crippen molar-refractivity contribution in [2.24, 2.45) is 0 Å². The minimum atomic E-state index is -0.536. The second-order valence-electron chi connectivity index (χ2n) is 6.50. The predicted octanol–water partition coefficient (Wildman–Crippen LogP) is 4.84. The van der Waals surface area contributed by atoms with Gasteiger partial charge in [-0.25, -0.2) is 8.78 Å². The van der Waals surface area contributed by atoms with Crippen LogP contribution < -0.4 is 0 Å². The lowest BCUT2D eigenvalue weighted by Gasteiger charge is -2.17. The second-order valence-corrected chi connectivity index (χ2v) is 7.31. The van der Waals surface area contributed by atoms with Gasteiger partial charge in [0.2, 0.25) is 17.6 Å². The summed E-state index contributed by atoms with van der Waals surface area (Å²) in [6.45, 7) is 0.640. The molecule has 28 heavy (non-hydrogen) atoms. The van der Waals surface area contributed by atoms with Crippen molar-refractivity contribution < 1.29 is 18.1 Å². The van der Waals surface area contributed by atoms with Crippen molar-refractivity contribution in [2.45, 2.75) is 18.9 Å². The highest BCUT2D eigenvalue weighted by Crippen LogP contribution is 2.31. The molecule has 0 saturated carbocycles. The van der Waals surface area contributed by atoms with Crippen LogP contribution in [-0.2, 0) is 11.3 Å². The summed E-state index contributed by atoms with van der Waals surface area (Å²) in [5.74, 6) is -0.746. The Bertz CT molecular complexity index is 1060. The van der Waals surface area contributed by atoms with Gasteiger partial charge in [-0.3, -0.25) is 4.79 Å². The standard InChI is InChI=1S/C19H13Cl2F2N3O2/c20-14-7-13(22)3-1-11(14)8-26-9-12(6-17(26)27)19-24-18(25-28-19)10-2-4-16(23)15(21)5-10/h1-5,7,12H,6,8-9H2. The largest absolute Gasteiger partial charge is 0.339 e. The minimum absolute atomic E-state index is 0.0396. The zero-order chi connectivity index (χ0) is 19.8. The van der Waals surface area contributed by atoms with Crippen LogP contribution in [0.15, 0.2) is 40.9 Å². The number of amides is 1. The summed E-state index contributed by atoms with van der Waals surface area (Å²) in [7, 11) is 0. The lowest BCUT2D eigenvalue weighted by Crippen LogP contribution is -2.24. The van der Waals surface area contributed by atoms with Crippen LogP contribution >= 0.6 is 23.2 Å². The number of carbonyl (C=O) groups is 1. The Balaban J connectivity index is 1.49. The lowest BCUT2D eigenvalue weighted by atomic mass is 10.1. The Morgan fingerprint density at radius 1 is 1.14 bits per heavy atom. The average molecular weight is 424 g/mol. The molecule has 2 aromatic carbocycles. The van der Waals surface area contributed by atoms with Crippen molar-refractivity contribution >= 4 is 29.1 Å². The third-order valence-corrected chi connectivity index (χ3v) is 5.20. The van der Waals surface area contributed by atoms with E-state index in [0.717, 1.165) is 0 Å². The number of rotatable bonds is 4. The van der Waals surface area contributed by atoms with Gasteiger partial charge in [0, 0.05) is 30.1 Å². The van der Waals surface area contributed by atoms with E-state index < -0.39 is 11.6 Å². The summed E-state index contributed by atoms with van der Waals surface area (Å²) in [6, 6.07) is 8.21. The maximum absolute atomic E-state index is 13.3. The Morgan fingerprint density at radius 2 is 1.96 bits per heavy atom. The molecule has 0 bridgehead atoms. The lowest BCUT2D eigenvalue weighted by molar-refractivity contribution is -0.128. The molecule has 1 unspecified atom stereocenters. The number of nitrogens with zero attached hydrogens (tertiary/aromatic N) is 3. The first kappa shape index (κ1) is 18.8. The van der Waals surface area contributed by atoms with E-state index in [0.29, 0.717) is 23.6 Å². The number of halogens is 4. The Kier molecular flexibility index (Phi) is 5.03. The normalized spacial score (nSPS) is 16.8. The van der Waals surface area contributed by atoms with E-state index in [1.165, 1.54) is 30.3 Å². The van der Waals surface area contributed by atoms with Gasteiger partial charge in [-0.15, -0.1) is 0 Å². The smallest absolute Gasteiger partial charge is 0.232 e. The molecule has 0 spiro atoms. The highest BCUT2D eigenvalue weighted by atomic mass is 35.5. The average Bonchev–Trinajstić information content (AvgIpc) is 3.27. The molecule has 9 heteroatoms. The van der Waals surface area contributed by atoms with E-state index >= 15 is 0 Å². The molecule has 4 rings (SSSR count). The molecule has 1 aliphatic rings. The molecular formula is C19H13Cl2F2N3O2. The van der Waals surface area contributed by atoms with Gasteiger partial charge in [0.05, 0.1) is 10.9 Å². The van der Waals surface area contributed by atoms with Crippen LogP contribution in [0, 0.1) is 11.6 Å². The molecule has 1 atom stereocenters. The van der Waals surface area contributed by atoms with Crippen molar-refractivity contribution in [3.63, 3.8) is 0 Å². The predicted molar refractivity (Wildman–Crippen MR) is 98.9 cm³/mol. The molecule has 0 aliphatic carbocycles. The SMILES string of the molecule is O=C1CC(c2nc(-c3ccc(F)c(Cl)c3)no2)CN1Cc1ccc(F)cc1Cl. The number of hydrogen-bond donors (Lipinski definition) is 0. The van der Waals surface area contributed by atoms with Gasteiger partial charge < -0.3 is 9.42 Å². The van der Waals surface area contributed by atoms with Gasteiger partial charge in [-0.2, -0.15) is 4.98 Å². The molecule has 1 fully saturated rings. The number of hydrogen-bond acceptors (Lipinski definition) is 4. The first-order chi connectivity index (χ1) is 13.4. The third kappa shape index (κ3) is 3.72. The number of carbonyl (C=O) groups excluding carboxylic acids is 1. The molecule has 3 aromatic rings. The topological polar surface area (TPSA) is 59.2 Å². The van der Waals surface area contributed by atoms with Crippen LogP contribution in [0.3, 0.4) is 0 Å². The first-order valence-corrected chi connectivity index (χ1v) is 9.17. The van der Waals surface area contributed by atoms with E-state index in [2.05, 4.69) is 10.1 Å². The molecule has 1 amide bonds. The van der Waals surface area contributed by atoms with Gasteiger partial charge in [0.15, 0.2) is 0 Å². The van der Waals surface area contributed by atoms with E-state index in [4.69, 9.17) is 27.7 Å². The fourth-order valence-corrected chi connectivity index (χ4v) is 3.51. The van der Waals surface area contributed by atoms with Crippen LogP contribution in [0.2, 0.25) is 10.0 Å². The summed E-state index contributed by atoms with van der Waals surface area (Å²) in [5.41, 5.74) is 1.17.